The van der Waals surface area contributed by atoms with Gasteiger partial charge in [-0.3, -0.25) is 4.79 Å². The SMILES string of the molecule is COc1ccc2c(c1)CCCC2(O)CNS(=O)(=O)c1ccc(NC(C)=O)cc1. The van der Waals surface area contributed by atoms with Gasteiger partial charge in [0.15, 0.2) is 0 Å². The highest BCUT2D eigenvalue weighted by molar-refractivity contribution is 7.89. The summed E-state index contributed by atoms with van der Waals surface area (Å²) in [7, 11) is -2.22. The zero-order valence-corrected chi connectivity index (χ0v) is 16.7. The first kappa shape index (κ1) is 20.3. The summed E-state index contributed by atoms with van der Waals surface area (Å²) in [5.74, 6) is 0.478. The van der Waals surface area contributed by atoms with E-state index in [0.29, 0.717) is 17.9 Å². The molecule has 1 aliphatic carbocycles. The molecule has 1 unspecified atom stereocenters. The second kappa shape index (κ2) is 7.90. The Kier molecular flexibility index (Phi) is 5.74. The molecule has 8 heteroatoms. The third-order valence-electron chi connectivity index (χ3n) is 4.89. The summed E-state index contributed by atoms with van der Waals surface area (Å²) in [5, 5.41) is 13.7. The van der Waals surface area contributed by atoms with Crippen LogP contribution in [-0.4, -0.2) is 33.1 Å². The fourth-order valence-corrected chi connectivity index (χ4v) is 4.56. The molecule has 2 aromatic carbocycles. The minimum atomic E-state index is -3.81. The molecule has 2 aromatic rings. The average Bonchev–Trinajstić information content (AvgIpc) is 2.66. The van der Waals surface area contributed by atoms with Gasteiger partial charge in [0.25, 0.3) is 0 Å². The number of nitrogens with one attached hydrogen (secondary N) is 2. The lowest BCUT2D eigenvalue weighted by molar-refractivity contribution is -0.114. The van der Waals surface area contributed by atoms with Crippen LogP contribution in [0.2, 0.25) is 0 Å². The first-order chi connectivity index (χ1) is 13.2. The number of benzene rings is 2. The van der Waals surface area contributed by atoms with Crippen molar-refractivity contribution in [2.24, 2.45) is 0 Å². The van der Waals surface area contributed by atoms with E-state index in [1.54, 1.807) is 19.2 Å². The van der Waals surface area contributed by atoms with Gasteiger partial charge in [0.2, 0.25) is 15.9 Å². The summed E-state index contributed by atoms with van der Waals surface area (Å²) in [5.41, 5.74) is 0.929. The lowest BCUT2D eigenvalue weighted by atomic mass is 9.79. The van der Waals surface area contributed by atoms with Crippen LogP contribution in [0.4, 0.5) is 5.69 Å². The summed E-state index contributed by atoms with van der Waals surface area (Å²) in [6.45, 7) is 1.26. The van der Waals surface area contributed by atoms with Crippen LogP contribution in [-0.2, 0) is 26.8 Å². The quantitative estimate of drug-likeness (QED) is 0.684. The van der Waals surface area contributed by atoms with E-state index >= 15 is 0 Å². The largest absolute Gasteiger partial charge is 0.497 e. The van der Waals surface area contributed by atoms with Gasteiger partial charge in [-0.2, -0.15) is 0 Å². The van der Waals surface area contributed by atoms with Crippen LogP contribution in [0.5, 0.6) is 5.75 Å². The number of hydrogen-bond acceptors (Lipinski definition) is 5. The molecule has 0 bridgehead atoms. The standard InChI is InChI=1S/C20H24N2O5S/c1-14(23)22-16-5-8-18(9-6-16)28(25,26)21-13-20(24)11-3-4-15-12-17(27-2)7-10-19(15)20/h5-10,12,21,24H,3-4,11,13H2,1-2H3,(H,22,23). The predicted molar refractivity (Wildman–Crippen MR) is 106 cm³/mol. The van der Waals surface area contributed by atoms with Crippen LogP contribution < -0.4 is 14.8 Å². The molecule has 1 atom stereocenters. The molecular weight excluding hydrogens is 380 g/mol. The van der Waals surface area contributed by atoms with Gasteiger partial charge >= 0.3 is 0 Å². The maximum absolute atomic E-state index is 12.6. The molecule has 3 N–H and O–H groups in total. The molecule has 1 amide bonds. The van der Waals surface area contributed by atoms with Crippen LogP contribution in [0.1, 0.15) is 30.9 Å². The number of sulfonamides is 1. The first-order valence-electron chi connectivity index (χ1n) is 9.01. The Balaban J connectivity index is 1.77. The minimum absolute atomic E-state index is 0.0657. The molecule has 0 saturated heterocycles. The number of hydrogen-bond donors (Lipinski definition) is 3. The van der Waals surface area contributed by atoms with Crippen molar-refractivity contribution in [1.29, 1.82) is 0 Å². The van der Waals surface area contributed by atoms with E-state index in [1.165, 1.54) is 31.2 Å². The molecular formula is C20H24N2O5S. The molecule has 0 spiro atoms. The maximum Gasteiger partial charge on any atom is 0.240 e. The third-order valence-corrected chi connectivity index (χ3v) is 6.31. The molecule has 0 aromatic heterocycles. The smallest absolute Gasteiger partial charge is 0.240 e. The van der Waals surface area contributed by atoms with Crippen LogP contribution in [0.15, 0.2) is 47.4 Å². The third kappa shape index (κ3) is 4.35. The van der Waals surface area contributed by atoms with E-state index in [9.17, 15) is 18.3 Å². The molecule has 3 rings (SSSR count). The van der Waals surface area contributed by atoms with Gasteiger partial charge in [-0.25, -0.2) is 13.1 Å². The Labute approximate surface area is 164 Å². The Morgan fingerprint density at radius 2 is 1.93 bits per heavy atom. The molecule has 0 aliphatic heterocycles. The summed E-state index contributed by atoms with van der Waals surface area (Å²) in [4.78, 5) is 11.1. The topological polar surface area (TPSA) is 105 Å². The zero-order chi connectivity index (χ0) is 20.4. The highest BCUT2D eigenvalue weighted by Gasteiger charge is 2.35. The van der Waals surface area contributed by atoms with Crippen molar-refractivity contribution in [3.05, 3.63) is 53.6 Å². The van der Waals surface area contributed by atoms with Crippen molar-refractivity contribution >= 4 is 21.6 Å². The van der Waals surface area contributed by atoms with Crippen molar-refractivity contribution in [3.8, 4) is 5.75 Å². The fraction of sp³-hybridized carbons (Fsp3) is 0.350. The van der Waals surface area contributed by atoms with Gasteiger partial charge in [0, 0.05) is 19.2 Å². The van der Waals surface area contributed by atoms with Crippen molar-refractivity contribution in [2.75, 3.05) is 19.0 Å². The highest BCUT2D eigenvalue weighted by atomic mass is 32.2. The number of carbonyl (C=O) groups is 1. The minimum Gasteiger partial charge on any atom is -0.497 e. The van der Waals surface area contributed by atoms with E-state index in [1.807, 2.05) is 6.07 Å². The molecule has 150 valence electrons. The van der Waals surface area contributed by atoms with Crippen molar-refractivity contribution in [1.82, 2.24) is 4.72 Å². The molecule has 7 nitrogen and oxygen atoms in total. The van der Waals surface area contributed by atoms with Crippen molar-refractivity contribution in [2.45, 2.75) is 36.7 Å². The number of fused-ring (bicyclic) bond motifs is 1. The monoisotopic (exact) mass is 404 g/mol. The second-order valence-electron chi connectivity index (χ2n) is 6.94. The Hall–Kier alpha value is -2.42. The van der Waals surface area contributed by atoms with Crippen LogP contribution in [0, 0.1) is 0 Å². The first-order valence-corrected chi connectivity index (χ1v) is 10.5. The summed E-state index contributed by atoms with van der Waals surface area (Å²) in [6, 6.07) is 11.3. The number of anilines is 1. The van der Waals surface area contributed by atoms with E-state index in [4.69, 9.17) is 4.74 Å². The van der Waals surface area contributed by atoms with E-state index in [-0.39, 0.29) is 17.3 Å². The van der Waals surface area contributed by atoms with Gasteiger partial charge in [-0.15, -0.1) is 0 Å². The number of carbonyl (C=O) groups excluding carboxylic acids is 1. The number of aliphatic hydroxyl groups is 1. The number of amides is 1. The Bertz CT molecular complexity index is 973. The van der Waals surface area contributed by atoms with E-state index < -0.39 is 15.6 Å². The highest BCUT2D eigenvalue weighted by Crippen LogP contribution is 2.36. The lowest BCUT2D eigenvalue weighted by Crippen LogP contribution is -2.42. The predicted octanol–water partition coefficient (Wildman–Crippen LogP) is 2.16. The van der Waals surface area contributed by atoms with Crippen molar-refractivity contribution in [3.63, 3.8) is 0 Å². The number of methoxy groups -OCH3 is 1. The molecule has 0 fully saturated rings. The summed E-state index contributed by atoms with van der Waals surface area (Å²) < 4.78 is 33.0. The molecule has 28 heavy (non-hydrogen) atoms. The maximum atomic E-state index is 12.6. The normalized spacial score (nSPS) is 19.0. The Morgan fingerprint density at radius 3 is 2.57 bits per heavy atom. The van der Waals surface area contributed by atoms with Gasteiger partial charge in [-0.05, 0) is 66.8 Å². The van der Waals surface area contributed by atoms with Crippen LogP contribution >= 0.6 is 0 Å². The van der Waals surface area contributed by atoms with Gasteiger partial charge in [0.1, 0.15) is 11.4 Å². The average molecular weight is 404 g/mol. The van der Waals surface area contributed by atoms with Crippen LogP contribution in [0.3, 0.4) is 0 Å². The number of aryl methyl sites for hydroxylation is 1. The molecule has 0 heterocycles. The Morgan fingerprint density at radius 1 is 1.21 bits per heavy atom. The summed E-state index contributed by atoms with van der Waals surface area (Å²) >= 11 is 0. The van der Waals surface area contributed by atoms with Gasteiger partial charge < -0.3 is 15.2 Å². The molecule has 1 aliphatic rings. The number of rotatable bonds is 6. The zero-order valence-electron chi connectivity index (χ0n) is 15.9. The molecule has 0 radical (unpaired) electrons. The summed E-state index contributed by atoms with van der Waals surface area (Å²) in [6.07, 6.45) is 2.03. The molecule has 0 saturated carbocycles. The van der Waals surface area contributed by atoms with E-state index in [0.717, 1.165) is 24.0 Å². The van der Waals surface area contributed by atoms with Gasteiger partial charge in [0.05, 0.1) is 12.0 Å². The van der Waals surface area contributed by atoms with Crippen LogP contribution in [0.25, 0.3) is 0 Å². The lowest BCUT2D eigenvalue weighted by Gasteiger charge is -2.34. The second-order valence-corrected chi connectivity index (χ2v) is 8.71. The van der Waals surface area contributed by atoms with E-state index in [2.05, 4.69) is 10.0 Å². The fourth-order valence-electron chi connectivity index (χ4n) is 3.47. The van der Waals surface area contributed by atoms with Crippen molar-refractivity contribution < 1.29 is 23.1 Å². The number of ether oxygens (including phenoxy) is 1. The van der Waals surface area contributed by atoms with Gasteiger partial charge in [-0.1, -0.05) is 6.07 Å².